The summed E-state index contributed by atoms with van der Waals surface area (Å²) in [6.45, 7) is 8.31. The van der Waals surface area contributed by atoms with Gasteiger partial charge in [-0.1, -0.05) is 68.4 Å². The third kappa shape index (κ3) is 8.90. The molecular formula is C38H45N3O6S. The van der Waals surface area contributed by atoms with Gasteiger partial charge in [0, 0.05) is 37.9 Å². The maximum absolute atomic E-state index is 14.0. The van der Waals surface area contributed by atoms with Crippen molar-refractivity contribution in [2.24, 2.45) is 11.8 Å². The number of carbonyl (C=O) groups is 5. The minimum Gasteiger partial charge on any atom is -0.361 e. The molecule has 3 heterocycles. The van der Waals surface area contributed by atoms with Crippen molar-refractivity contribution < 1.29 is 28.7 Å². The summed E-state index contributed by atoms with van der Waals surface area (Å²) in [7, 11) is 0. The number of aromatic nitrogens is 1. The third-order valence-corrected chi connectivity index (χ3v) is 10.2. The first kappa shape index (κ1) is 35.3. The summed E-state index contributed by atoms with van der Waals surface area (Å²) in [5, 5.41) is 3.78. The number of epoxide rings is 1. The highest BCUT2D eigenvalue weighted by Gasteiger charge is 2.50. The molecule has 2 aliphatic rings. The van der Waals surface area contributed by atoms with Crippen LogP contribution >= 0.6 is 11.3 Å². The molecule has 2 aromatic carbocycles. The lowest BCUT2D eigenvalue weighted by Gasteiger charge is -2.27. The zero-order valence-electron chi connectivity index (χ0n) is 28.2. The number of likely N-dealkylation sites (tertiary alicyclic amines) is 1. The van der Waals surface area contributed by atoms with Crippen molar-refractivity contribution in [2.75, 3.05) is 13.2 Å². The summed E-state index contributed by atoms with van der Waals surface area (Å²) in [5.41, 5.74) is 2.12. The molecule has 0 aliphatic carbocycles. The Bertz CT molecular complexity index is 1630. The SMILES string of the molecule is Cc1ncc(C(=O)CCC(=O)N2CCC[C@H]2C(=O)C[C@@H](Cc2ccc(-c3ccccc3)cc2)C(=O)N[C@@H](CC(C)C)C(=O)[C@@]2(C)CO2)s1. The Labute approximate surface area is 286 Å². The number of ketones is 3. The van der Waals surface area contributed by atoms with Gasteiger partial charge < -0.3 is 15.0 Å². The van der Waals surface area contributed by atoms with Crippen molar-refractivity contribution in [1.29, 1.82) is 0 Å². The first-order valence-electron chi connectivity index (χ1n) is 16.8. The quantitative estimate of drug-likeness (QED) is 0.151. The Morgan fingerprint density at radius 3 is 2.33 bits per heavy atom. The van der Waals surface area contributed by atoms with Crippen molar-refractivity contribution in [3.63, 3.8) is 0 Å². The Hall–Kier alpha value is -4.02. The Morgan fingerprint density at radius 1 is 1.02 bits per heavy atom. The average molecular weight is 672 g/mol. The predicted molar refractivity (Wildman–Crippen MR) is 185 cm³/mol. The molecule has 10 heteroatoms. The number of rotatable bonds is 16. The standard InChI is InChI=1S/C38H45N3O6S/c1-24(2)19-30(36(45)38(4)23-47-38)40-37(46)29(20-26-12-14-28(15-13-26)27-9-6-5-7-10-27)21-33(43)31-11-8-18-41(31)35(44)17-16-32(42)34-22-39-25(3)48-34/h5-7,9-10,12-15,22,24,29-31H,8,11,16-21,23H2,1-4H3,(H,40,46)/t29-,30+,31+,38-/m1/s1. The average Bonchev–Trinajstić information content (AvgIpc) is 3.42. The van der Waals surface area contributed by atoms with Gasteiger partial charge >= 0.3 is 0 Å². The van der Waals surface area contributed by atoms with Crippen LogP contribution < -0.4 is 5.32 Å². The van der Waals surface area contributed by atoms with Gasteiger partial charge in [0.25, 0.3) is 0 Å². The van der Waals surface area contributed by atoms with Crippen molar-refractivity contribution in [3.05, 3.63) is 76.2 Å². The van der Waals surface area contributed by atoms with Gasteiger partial charge in [0.15, 0.2) is 17.3 Å². The highest BCUT2D eigenvalue weighted by Crippen LogP contribution is 2.31. The fraction of sp³-hybridized carbons (Fsp3) is 0.474. The van der Waals surface area contributed by atoms with Crippen LogP contribution in [0.25, 0.3) is 11.1 Å². The van der Waals surface area contributed by atoms with Gasteiger partial charge in [-0.05, 0) is 62.1 Å². The van der Waals surface area contributed by atoms with E-state index in [0.717, 1.165) is 21.7 Å². The smallest absolute Gasteiger partial charge is 0.224 e. The number of Topliss-reactive ketones (excluding diaryl/α,β-unsaturated/α-hetero) is 3. The molecular weight excluding hydrogens is 627 g/mol. The number of amides is 2. The van der Waals surface area contributed by atoms with Crippen molar-refractivity contribution in [1.82, 2.24) is 15.2 Å². The molecule has 254 valence electrons. The third-order valence-electron chi connectivity index (χ3n) is 9.21. The van der Waals surface area contributed by atoms with E-state index in [4.69, 9.17) is 4.74 Å². The number of nitrogens with zero attached hydrogens (tertiary/aromatic N) is 2. The molecule has 3 aromatic rings. The van der Waals surface area contributed by atoms with Gasteiger partial charge in [-0.15, -0.1) is 11.3 Å². The molecule has 2 saturated heterocycles. The van der Waals surface area contributed by atoms with Gasteiger partial charge in [-0.25, -0.2) is 4.98 Å². The topological polar surface area (TPSA) is 126 Å². The predicted octanol–water partition coefficient (Wildman–Crippen LogP) is 5.78. The molecule has 1 aromatic heterocycles. The van der Waals surface area contributed by atoms with E-state index < -0.39 is 23.6 Å². The van der Waals surface area contributed by atoms with E-state index in [1.54, 1.807) is 11.8 Å². The van der Waals surface area contributed by atoms with Crippen LogP contribution in [-0.2, 0) is 30.3 Å². The lowest BCUT2D eigenvalue weighted by atomic mass is 9.88. The zero-order valence-corrected chi connectivity index (χ0v) is 29.0. The van der Waals surface area contributed by atoms with Gasteiger partial charge in [-0.2, -0.15) is 0 Å². The second kappa shape index (κ2) is 15.5. The number of nitrogens with one attached hydrogen (secondary N) is 1. The maximum atomic E-state index is 14.0. The number of ether oxygens (including phenoxy) is 1. The van der Waals surface area contributed by atoms with E-state index in [2.05, 4.69) is 10.3 Å². The number of carbonyl (C=O) groups excluding carboxylic acids is 5. The molecule has 48 heavy (non-hydrogen) atoms. The van der Waals surface area contributed by atoms with E-state index in [-0.39, 0.29) is 54.3 Å². The van der Waals surface area contributed by atoms with Gasteiger partial charge in [0.2, 0.25) is 11.8 Å². The van der Waals surface area contributed by atoms with E-state index in [1.807, 2.05) is 75.4 Å². The van der Waals surface area contributed by atoms with Crippen LogP contribution in [0.4, 0.5) is 0 Å². The summed E-state index contributed by atoms with van der Waals surface area (Å²) in [5.74, 6) is -1.67. The molecule has 0 saturated carbocycles. The number of thiazole rings is 1. The molecule has 2 aliphatic heterocycles. The highest BCUT2D eigenvalue weighted by atomic mass is 32.1. The van der Waals surface area contributed by atoms with Crippen LogP contribution in [0.15, 0.2) is 60.8 Å². The summed E-state index contributed by atoms with van der Waals surface area (Å²) in [6.07, 6.45) is 3.46. The van der Waals surface area contributed by atoms with Gasteiger partial charge in [-0.3, -0.25) is 24.0 Å². The number of benzene rings is 2. The molecule has 0 bridgehead atoms. The fourth-order valence-corrected chi connectivity index (χ4v) is 7.12. The van der Waals surface area contributed by atoms with E-state index >= 15 is 0 Å². The van der Waals surface area contributed by atoms with E-state index in [1.165, 1.54) is 17.5 Å². The van der Waals surface area contributed by atoms with Crippen molar-refractivity contribution in [2.45, 2.75) is 90.3 Å². The lowest BCUT2D eigenvalue weighted by molar-refractivity contribution is -0.139. The summed E-state index contributed by atoms with van der Waals surface area (Å²) in [6, 6.07) is 16.6. The molecule has 9 nitrogen and oxygen atoms in total. The first-order chi connectivity index (χ1) is 22.9. The second-order valence-electron chi connectivity index (χ2n) is 13.6. The molecule has 0 unspecified atom stereocenters. The molecule has 2 fully saturated rings. The van der Waals surface area contributed by atoms with Gasteiger partial charge in [0.05, 0.1) is 28.6 Å². The van der Waals surface area contributed by atoms with Crippen LogP contribution in [0.2, 0.25) is 0 Å². The normalized spacial score (nSPS) is 19.9. The molecule has 1 N–H and O–H groups in total. The highest BCUT2D eigenvalue weighted by molar-refractivity contribution is 7.13. The summed E-state index contributed by atoms with van der Waals surface area (Å²) < 4.78 is 5.42. The van der Waals surface area contributed by atoms with Crippen LogP contribution in [0, 0.1) is 18.8 Å². The van der Waals surface area contributed by atoms with Crippen molar-refractivity contribution in [3.8, 4) is 11.1 Å². The Morgan fingerprint density at radius 2 is 1.71 bits per heavy atom. The molecule has 0 radical (unpaired) electrons. The first-order valence-corrected chi connectivity index (χ1v) is 17.7. The minimum atomic E-state index is -0.893. The number of hydrogen-bond acceptors (Lipinski definition) is 8. The Balaban J connectivity index is 1.30. The Kier molecular flexibility index (Phi) is 11.4. The van der Waals surface area contributed by atoms with Crippen LogP contribution in [-0.4, -0.2) is 69.9 Å². The molecule has 5 rings (SSSR count). The largest absolute Gasteiger partial charge is 0.361 e. The summed E-state index contributed by atoms with van der Waals surface area (Å²) in [4.78, 5) is 73.3. The van der Waals surface area contributed by atoms with E-state index in [0.29, 0.717) is 43.7 Å². The van der Waals surface area contributed by atoms with Crippen LogP contribution in [0.3, 0.4) is 0 Å². The maximum Gasteiger partial charge on any atom is 0.224 e. The number of hydrogen-bond donors (Lipinski definition) is 1. The molecule has 0 spiro atoms. The van der Waals surface area contributed by atoms with Crippen LogP contribution in [0.5, 0.6) is 0 Å². The van der Waals surface area contributed by atoms with E-state index in [9.17, 15) is 24.0 Å². The minimum absolute atomic E-state index is 0.0110. The monoisotopic (exact) mass is 671 g/mol. The van der Waals surface area contributed by atoms with Crippen LogP contribution in [0.1, 0.15) is 79.5 Å². The van der Waals surface area contributed by atoms with Gasteiger partial charge in [0.1, 0.15) is 5.60 Å². The van der Waals surface area contributed by atoms with Crippen molar-refractivity contribution >= 4 is 40.5 Å². The lowest BCUT2D eigenvalue weighted by Crippen LogP contribution is -2.49. The molecule has 4 atom stereocenters. The zero-order chi connectivity index (χ0) is 34.4. The summed E-state index contributed by atoms with van der Waals surface area (Å²) >= 11 is 1.30. The number of aryl methyl sites for hydroxylation is 1. The fourth-order valence-electron chi connectivity index (χ4n) is 6.37. The molecule has 2 amide bonds. The second-order valence-corrected chi connectivity index (χ2v) is 14.9.